The van der Waals surface area contributed by atoms with Crippen molar-refractivity contribution in [1.82, 2.24) is 0 Å². The summed E-state index contributed by atoms with van der Waals surface area (Å²) in [7, 11) is 1.50. The van der Waals surface area contributed by atoms with Crippen LogP contribution < -0.4 is 5.73 Å². The van der Waals surface area contributed by atoms with Crippen LogP contribution >= 0.6 is 0 Å². The van der Waals surface area contributed by atoms with Crippen molar-refractivity contribution < 1.29 is 10.2 Å². The molecule has 0 bridgehead atoms. The van der Waals surface area contributed by atoms with Crippen LogP contribution in [0.25, 0.3) is 0 Å². The van der Waals surface area contributed by atoms with Crippen molar-refractivity contribution in [3.8, 4) is 0 Å². The van der Waals surface area contributed by atoms with Crippen LogP contribution in [-0.4, -0.2) is 30.0 Å². The lowest BCUT2D eigenvalue weighted by Crippen LogP contribution is -2.46. The second-order valence-corrected chi connectivity index (χ2v) is 8.54. The van der Waals surface area contributed by atoms with Gasteiger partial charge in [-0.1, -0.05) is 26.0 Å². The maximum absolute atomic E-state index is 9.94. The first-order chi connectivity index (χ1) is 10.9. The Morgan fingerprint density at radius 1 is 1.09 bits per heavy atom. The smallest absolute Gasteiger partial charge is 0.0544 e. The lowest BCUT2D eigenvalue weighted by Gasteiger charge is -2.52. The third-order valence-corrected chi connectivity index (χ3v) is 7.74. The minimum absolute atomic E-state index is 0.199. The van der Waals surface area contributed by atoms with E-state index in [1.165, 1.54) is 44.7 Å². The predicted molar refractivity (Wildman–Crippen MR) is 96.0 cm³/mol. The molecule has 6 unspecified atom stereocenters. The number of nitrogens with two attached hydrogens (primary N) is 1. The first-order valence-electron chi connectivity index (χ1n) is 9.45. The van der Waals surface area contributed by atoms with Crippen molar-refractivity contribution in [3.63, 3.8) is 0 Å². The molecular weight excluding hydrogens is 286 g/mol. The molecule has 0 saturated heterocycles. The van der Waals surface area contributed by atoms with Gasteiger partial charge in [0.05, 0.1) is 6.10 Å². The lowest BCUT2D eigenvalue weighted by atomic mass is 9.53. The van der Waals surface area contributed by atoms with Crippen LogP contribution in [0.2, 0.25) is 0 Å². The molecule has 0 aromatic carbocycles. The van der Waals surface area contributed by atoms with Gasteiger partial charge in [-0.05, 0) is 87.0 Å². The maximum atomic E-state index is 9.94. The fourth-order valence-electron chi connectivity index (χ4n) is 5.75. The van der Waals surface area contributed by atoms with E-state index in [1.54, 1.807) is 0 Å². The highest BCUT2D eigenvalue weighted by Crippen LogP contribution is 2.61. The van der Waals surface area contributed by atoms with E-state index in [-0.39, 0.29) is 24.0 Å². The van der Waals surface area contributed by atoms with Gasteiger partial charge in [-0.2, -0.15) is 0 Å². The molecule has 3 aliphatic rings. The number of allylic oxidation sites excluding steroid dienone is 1. The lowest BCUT2D eigenvalue weighted by molar-refractivity contribution is -0.0661. The van der Waals surface area contributed by atoms with Gasteiger partial charge in [0, 0.05) is 6.61 Å². The third-order valence-electron chi connectivity index (χ3n) is 7.74. The van der Waals surface area contributed by atoms with E-state index in [4.69, 9.17) is 0 Å². The second-order valence-electron chi connectivity index (χ2n) is 8.54. The number of aliphatic hydroxyl groups is 2. The van der Waals surface area contributed by atoms with Gasteiger partial charge in [0.2, 0.25) is 0 Å². The molecule has 0 aromatic rings. The Morgan fingerprint density at radius 3 is 2.43 bits per heavy atom. The molecule has 6 atom stereocenters. The van der Waals surface area contributed by atoms with Gasteiger partial charge in [0.1, 0.15) is 0 Å². The average molecular weight is 324 g/mol. The van der Waals surface area contributed by atoms with Crippen LogP contribution in [-0.2, 0) is 0 Å². The van der Waals surface area contributed by atoms with Crippen molar-refractivity contribution in [3.05, 3.63) is 12.2 Å². The molecule has 0 spiro atoms. The van der Waals surface area contributed by atoms with Gasteiger partial charge in [-0.25, -0.2) is 0 Å². The molecule has 0 radical (unpaired) electrons. The van der Waals surface area contributed by atoms with E-state index in [0.29, 0.717) is 11.3 Å². The fraction of sp³-hybridized carbons (Fsp3) is 0.900. The topological polar surface area (TPSA) is 66.5 Å². The second kappa shape index (κ2) is 7.25. The minimum Gasteiger partial charge on any atom is -0.396 e. The molecule has 3 nitrogen and oxygen atoms in total. The molecule has 3 aliphatic carbocycles. The zero-order chi connectivity index (χ0) is 17.3. The highest BCUT2D eigenvalue weighted by Gasteiger charge is 2.51. The Balaban J connectivity index is 0.000000924. The summed E-state index contributed by atoms with van der Waals surface area (Å²) in [6.45, 7) is 9.38. The Hall–Kier alpha value is -0.380. The molecule has 3 fully saturated rings. The van der Waals surface area contributed by atoms with Gasteiger partial charge in [0.15, 0.2) is 0 Å². The normalized spacial score (nSPS) is 46.8. The molecule has 134 valence electrons. The SMILES string of the molecule is C=C1CCC2CC(C3(C)CCC(O)CC3CO)CCC12C.CN. The van der Waals surface area contributed by atoms with Crippen molar-refractivity contribution in [2.24, 2.45) is 34.3 Å². The van der Waals surface area contributed by atoms with E-state index in [0.717, 1.165) is 25.2 Å². The molecule has 0 amide bonds. The van der Waals surface area contributed by atoms with Crippen LogP contribution in [0.5, 0.6) is 0 Å². The summed E-state index contributed by atoms with van der Waals surface area (Å²) in [6.07, 6.45) is 8.96. The molecule has 3 saturated carbocycles. The third kappa shape index (κ3) is 3.25. The fourth-order valence-corrected chi connectivity index (χ4v) is 5.75. The van der Waals surface area contributed by atoms with Gasteiger partial charge < -0.3 is 15.9 Å². The zero-order valence-corrected chi connectivity index (χ0v) is 15.4. The first kappa shape index (κ1) is 19.0. The van der Waals surface area contributed by atoms with Crippen LogP contribution in [0.4, 0.5) is 0 Å². The number of rotatable bonds is 2. The van der Waals surface area contributed by atoms with E-state index in [9.17, 15) is 10.2 Å². The van der Waals surface area contributed by atoms with Crippen molar-refractivity contribution >= 4 is 0 Å². The molecule has 23 heavy (non-hydrogen) atoms. The molecule has 3 rings (SSSR count). The summed E-state index contributed by atoms with van der Waals surface area (Å²) in [5.41, 5.74) is 6.59. The van der Waals surface area contributed by atoms with Gasteiger partial charge in [-0.3, -0.25) is 0 Å². The summed E-state index contributed by atoms with van der Waals surface area (Å²) < 4.78 is 0. The van der Waals surface area contributed by atoms with Gasteiger partial charge in [-0.15, -0.1) is 0 Å². The number of hydrogen-bond acceptors (Lipinski definition) is 3. The standard InChI is InChI=1S/C19H32O2.CH5N/c1-13-4-5-14-10-15(6-8-18(13,14)2)19(3)9-7-17(21)11-16(19)12-20;1-2/h14-17,20-21H,1,4-12H2,2-3H3;2H2,1H3. The summed E-state index contributed by atoms with van der Waals surface area (Å²) in [5.74, 6) is 1.79. The number of fused-ring (bicyclic) bond motifs is 1. The van der Waals surface area contributed by atoms with E-state index in [1.807, 2.05) is 0 Å². The Morgan fingerprint density at radius 2 is 1.78 bits per heavy atom. The first-order valence-corrected chi connectivity index (χ1v) is 9.45. The van der Waals surface area contributed by atoms with Crippen LogP contribution in [0.3, 0.4) is 0 Å². The van der Waals surface area contributed by atoms with Gasteiger partial charge in [0.25, 0.3) is 0 Å². The predicted octanol–water partition coefficient (Wildman–Crippen LogP) is 3.49. The Bertz CT molecular complexity index is 424. The Labute approximate surface area is 142 Å². The summed E-state index contributed by atoms with van der Waals surface area (Å²) in [6, 6.07) is 0. The highest BCUT2D eigenvalue weighted by atomic mass is 16.3. The van der Waals surface area contributed by atoms with Crippen molar-refractivity contribution in [1.29, 1.82) is 0 Å². The summed E-state index contributed by atoms with van der Waals surface area (Å²) >= 11 is 0. The van der Waals surface area contributed by atoms with E-state index < -0.39 is 0 Å². The zero-order valence-electron chi connectivity index (χ0n) is 15.4. The molecule has 3 heteroatoms. The van der Waals surface area contributed by atoms with Crippen LogP contribution in [0.1, 0.15) is 65.2 Å². The molecule has 4 N–H and O–H groups in total. The van der Waals surface area contributed by atoms with E-state index in [2.05, 4.69) is 26.2 Å². The number of aliphatic hydroxyl groups excluding tert-OH is 2. The highest BCUT2D eigenvalue weighted by molar-refractivity contribution is 5.19. The largest absolute Gasteiger partial charge is 0.396 e. The molecule has 0 aromatic heterocycles. The molecule has 0 heterocycles. The van der Waals surface area contributed by atoms with E-state index >= 15 is 0 Å². The number of hydrogen-bond donors (Lipinski definition) is 3. The quantitative estimate of drug-likeness (QED) is 0.681. The molecular formula is C20H37NO2. The average Bonchev–Trinajstić information content (AvgIpc) is 2.86. The Kier molecular flexibility index (Phi) is 5.97. The summed E-state index contributed by atoms with van der Waals surface area (Å²) in [5, 5.41) is 19.8. The monoisotopic (exact) mass is 323 g/mol. The molecule has 0 aliphatic heterocycles. The maximum Gasteiger partial charge on any atom is 0.0544 e. The van der Waals surface area contributed by atoms with Crippen molar-refractivity contribution in [2.75, 3.05) is 13.7 Å². The van der Waals surface area contributed by atoms with Gasteiger partial charge >= 0.3 is 0 Å². The minimum atomic E-state index is -0.199. The van der Waals surface area contributed by atoms with Crippen molar-refractivity contribution in [2.45, 2.75) is 71.3 Å². The summed E-state index contributed by atoms with van der Waals surface area (Å²) in [4.78, 5) is 0. The van der Waals surface area contributed by atoms with Crippen LogP contribution in [0.15, 0.2) is 12.2 Å². The van der Waals surface area contributed by atoms with Crippen LogP contribution in [0, 0.1) is 28.6 Å².